The summed E-state index contributed by atoms with van der Waals surface area (Å²) in [4.78, 5) is 21.5. The molecule has 2 N–H and O–H groups in total. The number of carboxylic acid groups (broad SMARTS) is 1. The third-order valence-corrected chi connectivity index (χ3v) is 1.66. The molecule has 0 fully saturated rings. The van der Waals surface area contributed by atoms with Crippen molar-refractivity contribution in [3.05, 3.63) is 48.2 Å². The standard InChI is InChI=1S/C11H11NO3/c13-10(6-7-12-8-11(14)15)9-4-2-1-3-5-9/h1-7,12H,8H2,(H,14,15)/b7-6+. The Labute approximate surface area is 87.2 Å². The maximum absolute atomic E-state index is 11.4. The first-order valence-electron chi connectivity index (χ1n) is 4.41. The topological polar surface area (TPSA) is 66.4 Å². The highest BCUT2D eigenvalue weighted by Crippen LogP contribution is 1.99. The van der Waals surface area contributed by atoms with Crippen LogP contribution in [0.5, 0.6) is 0 Å². The molecular weight excluding hydrogens is 194 g/mol. The molecule has 4 heteroatoms. The molecule has 0 saturated heterocycles. The van der Waals surface area contributed by atoms with Crippen LogP contribution in [0, 0.1) is 0 Å². The third kappa shape index (κ3) is 4.08. The molecule has 0 saturated carbocycles. The highest BCUT2D eigenvalue weighted by atomic mass is 16.4. The zero-order chi connectivity index (χ0) is 11.1. The Morgan fingerprint density at radius 3 is 2.53 bits per heavy atom. The van der Waals surface area contributed by atoms with Crippen molar-refractivity contribution in [3.63, 3.8) is 0 Å². The molecule has 4 nitrogen and oxygen atoms in total. The summed E-state index contributed by atoms with van der Waals surface area (Å²) in [6.45, 7) is -0.196. The Morgan fingerprint density at radius 2 is 1.93 bits per heavy atom. The van der Waals surface area contributed by atoms with Crippen LogP contribution in [0.3, 0.4) is 0 Å². The summed E-state index contributed by atoms with van der Waals surface area (Å²) in [6.07, 6.45) is 2.64. The van der Waals surface area contributed by atoms with Gasteiger partial charge in [-0.2, -0.15) is 0 Å². The monoisotopic (exact) mass is 205 g/mol. The van der Waals surface area contributed by atoms with Crippen LogP contribution in [0.15, 0.2) is 42.6 Å². The highest BCUT2D eigenvalue weighted by molar-refractivity contribution is 6.04. The number of ketones is 1. The summed E-state index contributed by atoms with van der Waals surface area (Å²) in [5.41, 5.74) is 0.575. The van der Waals surface area contributed by atoms with E-state index in [1.54, 1.807) is 24.3 Å². The summed E-state index contributed by atoms with van der Waals surface area (Å²) in [7, 11) is 0. The number of rotatable bonds is 5. The minimum absolute atomic E-state index is 0.159. The molecule has 1 aromatic rings. The first kappa shape index (κ1) is 11.0. The van der Waals surface area contributed by atoms with E-state index in [0.29, 0.717) is 5.56 Å². The van der Waals surface area contributed by atoms with Crippen molar-refractivity contribution in [2.24, 2.45) is 0 Å². The number of carbonyl (C=O) groups is 2. The average molecular weight is 205 g/mol. The number of hydrogen-bond donors (Lipinski definition) is 2. The molecule has 0 radical (unpaired) electrons. The lowest BCUT2D eigenvalue weighted by Crippen LogP contribution is -2.16. The van der Waals surface area contributed by atoms with Crippen LogP contribution in [-0.4, -0.2) is 23.4 Å². The summed E-state index contributed by atoms with van der Waals surface area (Å²) >= 11 is 0. The Bertz CT molecular complexity index is 371. The molecule has 1 aromatic carbocycles. The number of aliphatic carboxylic acids is 1. The van der Waals surface area contributed by atoms with Gasteiger partial charge in [-0.05, 0) is 0 Å². The Hall–Kier alpha value is -2.10. The van der Waals surface area contributed by atoms with Gasteiger partial charge in [-0.15, -0.1) is 0 Å². The van der Waals surface area contributed by atoms with Gasteiger partial charge in [0.1, 0.15) is 6.54 Å². The molecule has 0 aliphatic heterocycles. The van der Waals surface area contributed by atoms with Crippen LogP contribution in [0.1, 0.15) is 10.4 Å². The number of benzene rings is 1. The fourth-order valence-corrected chi connectivity index (χ4v) is 0.979. The average Bonchev–Trinajstić information content (AvgIpc) is 2.25. The normalized spacial score (nSPS) is 10.1. The van der Waals surface area contributed by atoms with E-state index in [9.17, 15) is 9.59 Å². The van der Waals surface area contributed by atoms with Crippen LogP contribution in [0.2, 0.25) is 0 Å². The van der Waals surface area contributed by atoms with Crippen LogP contribution in [0.4, 0.5) is 0 Å². The van der Waals surface area contributed by atoms with Gasteiger partial charge in [0, 0.05) is 17.8 Å². The molecular formula is C11H11NO3. The van der Waals surface area contributed by atoms with Gasteiger partial charge in [0.2, 0.25) is 0 Å². The number of hydrogen-bond acceptors (Lipinski definition) is 3. The number of carboxylic acids is 1. The molecule has 0 aromatic heterocycles. The second-order valence-electron chi connectivity index (χ2n) is 2.84. The van der Waals surface area contributed by atoms with Gasteiger partial charge in [-0.3, -0.25) is 9.59 Å². The van der Waals surface area contributed by atoms with Crippen LogP contribution in [-0.2, 0) is 4.79 Å². The van der Waals surface area contributed by atoms with Crippen molar-refractivity contribution in [2.45, 2.75) is 0 Å². The molecule has 0 amide bonds. The summed E-state index contributed by atoms with van der Waals surface area (Å²) < 4.78 is 0. The first-order chi connectivity index (χ1) is 7.20. The Kier molecular flexibility index (Phi) is 4.09. The maximum Gasteiger partial charge on any atom is 0.322 e. The van der Waals surface area contributed by atoms with Crippen molar-refractivity contribution in [3.8, 4) is 0 Å². The predicted molar refractivity (Wildman–Crippen MR) is 55.6 cm³/mol. The lowest BCUT2D eigenvalue weighted by molar-refractivity contribution is -0.135. The fourth-order valence-electron chi connectivity index (χ4n) is 0.979. The Balaban J connectivity index is 2.46. The minimum atomic E-state index is -0.966. The summed E-state index contributed by atoms with van der Waals surface area (Å²) in [6, 6.07) is 8.76. The third-order valence-electron chi connectivity index (χ3n) is 1.66. The molecule has 15 heavy (non-hydrogen) atoms. The van der Waals surface area contributed by atoms with Gasteiger partial charge >= 0.3 is 5.97 Å². The van der Waals surface area contributed by atoms with Gasteiger partial charge in [-0.1, -0.05) is 30.3 Å². The molecule has 0 unspecified atom stereocenters. The van der Waals surface area contributed by atoms with Crippen molar-refractivity contribution in [1.29, 1.82) is 0 Å². The van der Waals surface area contributed by atoms with Gasteiger partial charge < -0.3 is 10.4 Å². The second kappa shape index (κ2) is 5.59. The lowest BCUT2D eigenvalue weighted by atomic mass is 10.1. The molecule has 0 aliphatic rings. The SMILES string of the molecule is O=C(O)CN/C=C/C(=O)c1ccccc1. The van der Waals surface area contributed by atoms with Crippen molar-refractivity contribution >= 4 is 11.8 Å². The quantitative estimate of drug-likeness (QED) is 0.557. The molecule has 1 rings (SSSR count). The molecule has 0 heterocycles. The zero-order valence-electron chi connectivity index (χ0n) is 8.01. The van der Waals surface area contributed by atoms with Crippen LogP contribution < -0.4 is 5.32 Å². The molecule has 0 atom stereocenters. The summed E-state index contributed by atoms with van der Waals surface area (Å²) in [5.74, 6) is -1.12. The van der Waals surface area contributed by atoms with E-state index in [4.69, 9.17) is 5.11 Å². The van der Waals surface area contributed by atoms with Gasteiger partial charge in [0.05, 0.1) is 0 Å². The van der Waals surface area contributed by atoms with Gasteiger partial charge in [0.15, 0.2) is 5.78 Å². The highest BCUT2D eigenvalue weighted by Gasteiger charge is 1.98. The smallest absolute Gasteiger partial charge is 0.322 e. The van der Waals surface area contributed by atoms with E-state index in [0.717, 1.165) is 0 Å². The van der Waals surface area contributed by atoms with E-state index in [2.05, 4.69) is 5.32 Å². The lowest BCUT2D eigenvalue weighted by Gasteiger charge is -1.95. The molecule has 0 aliphatic carbocycles. The van der Waals surface area contributed by atoms with Crippen molar-refractivity contribution < 1.29 is 14.7 Å². The number of nitrogens with one attached hydrogen (secondary N) is 1. The first-order valence-corrected chi connectivity index (χ1v) is 4.41. The summed E-state index contributed by atoms with van der Waals surface area (Å²) in [5, 5.41) is 10.8. The van der Waals surface area contributed by atoms with E-state index in [1.165, 1.54) is 12.3 Å². The Morgan fingerprint density at radius 1 is 1.27 bits per heavy atom. The second-order valence-corrected chi connectivity index (χ2v) is 2.84. The zero-order valence-corrected chi connectivity index (χ0v) is 8.01. The van der Waals surface area contributed by atoms with E-state index >= 15 is 0 Å². The van der Waals surface area contributed by atoms with E-state index < -0.39 is 5.97 Å². The van der Waals surface area contributed by atoms with E-state index in [-0.39, 0.29) is 12.3 Å². The predicted octanol–water partition coefficient (Wildman–Crippen LogP) is 1.06. The van der Waals surface area contributed by atoms with Gasteiger partial charge in [-0.25, -0.2) is 0 Å². The fraction of sp³-hybridized carbons (Fsp3) is 0.0909. The van der Waals surface area contributed by atoms with Crippen LogP contribution >= 0.6 is 0 Å². The van der Waals surface area contributed by atoms with Crippen molar-refractivity contribution in [1.82, 2.24) is 5.32 Å². The van der Waals surface area contributed by atoms with Gasteiger partial charge in [0.25, 0.3) is 0 Å². The molecule has 78 valence electrons. The number of carbonyl (C=O) groups excluding carboxylic acids is 1. The van der Waals surface area contributed by atoms with Crippen LogP contribution in [0.25, 0.3) is 0 Å². The van der Waals surface area contributed by atoms with Crippen molar-refractivity contribution in [2.75, 3.05) is 6.54 Å². The molecule has 0 spiro atoms. The number of allylic oxidation sites excluding steroid dienone is 1. The minimum Gasteiger partial charge on any atom is -0.480 e. The molecule has 0 bridgehead atoms. The van der Waals surface area contributed by atoms with E-state index in [1.807, 2.05) is 6.07 Å². The maximum atomic E-state index is 11.4. The largest absolute Gasteiger partial charge is 0.480 e.